The lowest BCUT2D eigenvalue weighted by Crippen LogP contribution is -2.22. The van der Waals surface area contributed by atoms with Gasteiger partial charge in [-0.1, -0.05) is 188 Å². The molecule has 0 aliphatic rings. The molecule has 0 fully saturated rings. The first-order valence-corrected chi connectivity index (χ1v) is 20.2. The second-order valence-corrected chi connectivity index (χ2v) is 13.6. The first-order valence-electron chi connectivity index (χ1n) is 20.2. The SMILES string of the molecule is CCCCCCCCCCCCCCCCOCC(CCCCNCC)OCCCCCCCCCCCCCCCC. The van der Waals surface area contributed by atoms with Crippen molar-refractivity contribution in [3.8, 4) is 0 Å². The molecule has 1 N–H and O–H groups in total. The van der Waals surface area contributed by atoms with Crippen LogP contribution in [0.1, 0.15) is 220 Å². The molecule has 0 aliphatic carbocycles. The van der Waals surface area contributed by atoms with Crippen molar-refractivity contribution in [1.82, 2.24) is 5.32 Å². The van der Waals surface area contributed by atoms with Gasteiger partial charge in [-0.2, -0.15) is 0 Å². The van der Waals surface area contributed by atoms with Crippen LogP contribution in [0.15, 0.2) is 0 Å². The van der Waals surface area contributed by atoms with Gasteiger partial charge in [0, 0.05) is 13.2 Å². The zero-order valence-electron chi connectivity index (χ0n) is 30.3. The van der Waals surface area contributed by atoms with Crippen molar-refractivity contribution < 1.29 is 9.47 Å². The largest absolute Gasteiger partial charge is 0.379 e. The maximum atomic E-state index is 6.33. The molecule has 3 nitrogen and oxygen atoms in total. The Morgan fingerprint density at radius 3 is 1.16 bits per heavy atom. The van der Waals surface area contributed by atoms with Crippen LogP contribution in [0.4, 0.5) is 0 Å². The van der Waals surface area contributed by atoms with Gasteiger partial charge in [0.05, 0.1) is 12.7 Å². The summed E-state index contributed by atoms with van der Waals surface area (Å²) in [4.78, 5) is 0. The Balaban J connectivity index is 3.67. The molecule has 43 heavy (non-hydrogen) atoms. The standard InChI is InChI=1S/C40H83NO2/c1-4-7-9-11-13-15-17-19-21-23-25-27-29-33-37-42-39-40(35-31-32-36-41-6-3)43-38-34-30-28-26-24-22-20-18-16-14-12-10-8-5-2/h40-41H,4-39H2,1-3H3. The highest BCUT2D eigenvalue weighted by molar-refractivity contribution is 4.60. The minimum absolute atomic E-state index is 0.287. The smallest absolute Gasteiger partial charge is 0.0808 e. The Morgan fingerprint density at radius 1 is 0.395 bits per heavy atom. The van der Waals surface area contributed by atoms with Crippen LogP contribution in [0.5, 0.6) is 0 Å². The highest BCUT2D eigenvalue weighted by Gasteiger charge is 2.09. The maximum Gasteiger partial charge on any atom is 0.0808 e. The van der Waals surface area contributed by atoms with Gasteiger partial charge in [-0.15, -0.1) is 0 Å². The molecule has 1 unspecified atom stereocenters. The molecule has 1 atom stereocenters. The fraction of sp³-hybridized carbons (Fsp3) is 1.00. The van der Waals surface area contributed by atoms with Gasteiger partial charge in [-0.3, -0.25) is 0 Å². The van der Waals surface area contributed by atoms with E-state index in [1.54, 1.807) is 0 Å². The summed E-state index contributed by atoms with van der Waals surface area (Å²) in [6.07, 6.45) is 43.3. The van der Waals surface area contributed by atoms with Crippen LogP contribution < -0.4 is 5.32 Å². The van der Waals surface area contributed by atoms with Crippen LogP contribution in [0.25, 0.3) is 0 Å². The van der Waals surface area contributed by atoms with Gasteiger partial charge in [0.25, 0.3) is 0 Å². The topological polar surface area (TPSA) is 30.5 Å². The highest BCUT2D eigenvalue weighted by atomic mass is 16.5. The van der Waals surface area contributed by atoms with E-state index in [2.05, 4.69) is 26.1 Å². The Bertz CT molecular complexity index is 471. The van der Waals surface area contributed by atoms with Crippen LogP contribution in [-0.4, -0.2) is 39.0 Å². The van der Waals surface area contributed by atoms with E-state index in [1.807, 2.05) is 0 Å². The lowest BCUT2D eigenvalue weighted by atomic mass is 10.0. The molecular weight excluding hydrogens is 526 g/mol. The predicted molar refractivity (Wildman–Crippen MR) is 194 cm³/mol. The highest BCUT2D eigenvalue weighted by Crippen LogP contribution is 2.15. The fourth-order valence-corrected chi connectivity index (χ4v) is 6.17. The molecule has 0 aromatic rings. The minimum atomic E-state index is 0.287. The molecule has 0 rings (SSSR count). The van der Waals surface area contributed by atoms with Crippen LogP contribution in [0.2, 0.25) is 0 Å². The van der Waals surface area contributed by atoms with Crippen molar-refractivity contribution in [1.29, 1.82) is 0 Å². The monoisotopic (exact) mass is 610 g/mol. The molecule has 0 bridgehead atoms. The van der Waals surface area contributed by atoms with Crippen LogP contribution >= 0.6 is 0 Å². The summed E-state index contributed by atoms with van der Waals surface area (Å²) in [7, 11) is 0. The molecule has 260 valence electrons. The zero-order valence-corrected chi connectivity index (χ0v) is 30.3. The second-order valence-electron chi connectivity index (χ2n) is 13.6. The molecule has 0 saturated heterocycles. The summed E-state index contributed by atoms with van der Waals surface area (Å²) in [5.74, 6) is 0. The van der Waals surface area contributed by atoms with Gasteiger partial charge in [0.1, 0.15) is 0 Å². The number of unbranched alkanes of at least 4 members (excludes halogenated alkanes) is 27. The molecule has 0 heterocycles. The molecule has 0 amide bonds. The molecule has 0 aliphatic heterocycles. The first kappa shape index (κ1) is 42.9. The van der Waals surface area contributed by atoms with Crippen molar-refractivity contribution in [2.75, 3.05) is 32.9 Å². The van der Waals surface area contributed by atoms with E-state index in [0.717, 1.165) is 39.3 Å². The van der Waals surface area contributed by atoms with E-state index in [9.17, 15) is 0 Å². The molecule has 0 aromatic heterocycles. The Labute approximate surface area is 273 Å². The molecule has 0 aromatic carbocycles. The summed E-state index contributed by atoms with van der Waals surface area (Å²) in [6, 6.07) is 0. The van der Waals surface area contributed by atoms with Gasteiger partial charge in [0.15, 0.2) is 0 Å². The number of rotatable bonds is 39. The molecule has 0 spiro atoms. The molecule has 0 radical (unpaired) electrons. The van der Waals surface area contributed by atoms with Gasteiger partial charge < -0.3 is 14.8 Å². The van der Waals surface area contributed by atoms with Crippen molar-refractivity contribution in [2.45, 2.75) is 226 Å². The third kappa shape index (κ3) is 38.0. The van der Waals surface area contributed by atoms with E-state index >= 15 is 0 Å². The maximum absolute atomic E-state index is 6.33. The fourth-order valence-electron chi connectivity index (χ4n) is 6.17. The van der Waals surface area contributed by atoms with E-state index in [0.29, 0.717) is 0 Å². The second kappa shape index (κ2) is 39.9. The van der Waals surface area contributed by atoms with E-state index < -0.39 is 0 Å². The quantitative estimate of drug-likeness (QED) is 0.0703. The van der Waals surface area contributed by atoms with Gasteiger partial charge >= 0.3 is 0 Å². The third-order valence-electron chi connectivity index (χ3n) is 9.18. The summed E-state index contributed by atoms with van der Waals surface area (Å²) in [6.45, 7) is 11.6. The van der Waals surface area contributed by atoms with E-state index in [4.69, 9.17) is 9.47 Å². The normalized spacial score (nSPS) is 12.3. The molecular formula is C40H83NO2. The first-order chi connectivity index (χ1) is 21.3. The van der Waals surface area contributed by atoms with Gasteiger partial charge in [-0.05, 0) is 45.2 Å². The van der Waals surface area contributed by atoms with Gasteiger partial charge in [-0.25, -0.2) is 0 Å². The summed E-state index contributed by atoms with van der Waals surface area (Å²) >= 11 is 0. The number of nitrogens with one attached hydrogen (secondary N) is 1. The van der Waals surface area contributed by atoms with Crippen LogP contribution in [-0.2, 0) is 9.47 Å². The number of hydrogen-bond acceptors (Lipinski definition) is 3. The van der Waals surface area contributed by atoms with Crippen molar-refractivity contribution in [3.63, 3.8) is 0 Å². The zero-order chi connectivity index (χ0) is 31.2. The third-order valence-corrected chi connectivity index (χ3v) is 9.18. The average molecular weight is 610 g/mol. The lowest BCUT2D eigenvalue weighted by Gasteiger charge is -2.18. The van der Waals surface area contributed by atoms with E-state index in [-0.39, 0.29) is 6.10 Å². The van der Waals surface area contributed by atoms with Gasteiger partial charge in [0.2, 0.25) is 0 Å². The predicted octanol–water partition coefficient (Wildman–Crippen LogP) is 13.1. The number of hydrogen-bond donors (Lipinski definition) is 1. The van der Waals surface area contributed by atoms with Crippen LogP contribution in [0, 0.1) is 0 Å². The Hall–Kier alpha value is -0.120. The summed E-state index contributed by atoms with van der Waals surface area (Å²) < 4.78 is 12.4. The molecule has 0 saturated carbocycles. The average Bonchev–Trinajstić information content (AvgIpc) is 3.02. The number of ether oxygens (including phenoxy) is 2. The van der Waals surface area contributed by atoms with Crippen molar-refractivity contribution in [2.24, 2.45) is 0 Å². The Morgan fingerprint density at radius 2 is 0.767 bits per heavy atom. The lowest BCUT2D eigenvalue weighted by molar-refractivity contribution is -0.0234. The van der Waals surface area contributed by atoms with E-state index in [1.165, 1.54) is 193 Å². The van der Waals surface area contributed by atoms with Crippen molar-refractivity contribution >= 4 is 0 Å². The van der Waals surface area contributed by atoms with Crippen molar-refractivity contribution in [3.05, 3.63) is 0 Å². The summed E-state index contributed by atoms with van der Waals surface area (Å²) in [5.41, 5.74) is 0. The molecule has 3 heteroatoms. The minimum Gasteiger partial charge on any atom is -0.379 e. The summed E-state index contributed by atoms with van der Waals surface area (Å²) in [5, 5.41) is 3.45. The Kier molecular flexibility index (Phi) is 39.8. The van der Waals surface area contributed by atoms with Crippen LogP contribution in [0.3, 0.4) is 0 Å².